The van der Waals surface area contributed by atoms with E-state index in [1.165, 1.54) is 24.4 Å². The van der Waals surface area contributed by atoms with Gasteiger partial charge in [0.2, 0.25) is 5.91 Å². The first-order valence-electron chi connectivity index (χ1n) is 10.5. The van der Waals surface area contributed by atoms with Crippen LogP contribution in [-0.2, 0) is 23.8 Å². The normalized spacial score (nSPS) is 15.0. The molecule has 1 aromatic heterocycles. The van der Waals surface area contributed by atoms with E-state index in [2.05, 4.69) is 10.3 Å². The molecular formula is C25H18F3N3O4. The number of carbonyl (C=O) groups excluding carboxylic acids is 1. The number of ether oxygens (including phenoxy) is 1. The summed E-state index contributed by atoms with van der Waals surface area (Å²) in [5, 5.41) is 20.6. The van der Waals surface area contributed by atoms with Crippen LogP contribution in [0.2, 0.25) is 0 Å². The van der Waals surface area contributed by atoms with E-state index < -0.39 is 29.5 Å². The number of alkyl halides is 3. The number of carbonyl (C=O) groups is 2. The monoisotopic (exact) mass is 481 g/mol. The van der Waals surface area contributed by atoms with Crippen molar-refractivity contribution in [1.82, 2.24) is 4.98 Å². The quantitative estimate of drug-likeness (QED) is 0.518. The second-order valence-electron chi connectivity index (χ2n) is 8.05. The van der Waals surface area contributed by atoms with Crippen LogP contribution in [0.3, 0.4) is 0 Å². The lowest BCUT2D eigenvalue weighted by Gasteiger charge is -2.24. The van der Waals surface area contributed by atoms with Crippen molar-refractivity contribution in [2.24, 2.45) is 5.92 Å². The molecule has 10 heteroatoms. The highest BCUT2D eigenvalue weighted by atomic mass is 19.4. The van der Waals surface area contributed by atoms with Crippen LogP contribution < -0.4 is 10.1 Å². The van der Waals surface area contributed by atoms with E-state index in [9.17, 15) is 22.8 Å². The van der Waals surface area contributed by atoms with E-state index >= 15 is 0 Å². The molecule has 2 N–H and O–H groups in total. The average molecular weight is 481 g/mol. The molecule has 7 nitrogen and oxygen atoms in total. The number of benzene rings is 2. The third kappa shape index (κ3) is 5.58. The minimum absolute atomic E-state index is 0.0869. The summed E-state index contributed by atoms with van der Waals surface area (Å²) in [4.78, 5) is 27.7. The summed E-state index contributed by atoms with van der Waals surface area (Å²) in [6.45, 7) is 0. The Morgan fingerprint density at radius 2 is 1.86 bits per heavy atom. The van der Waals surface area contributed by atoms with Crippen molar-refractivity contribution >= 4 is 17.6 Å². The molecule has 1 aliphatic rings. The summed E-state index contributed by atoms with van der Waals surface area (Å²) in [7, 11) is 0. The van der Waals surface area contributed by atoms with Crippen molar-refractivity contribution < 1.29 is 32.6 Å². The highest BCUT2D eigenvalue weighted by Gasteiger charge is 2.32. The zero-order chi connectivity index (χ0) is 25.2. The highest BCUT2D eigenvalue weighted by molar-refractivity contribution is 5.93. The third-order valence-corrected chi connectivity index (χ3v) is 5.62. The van der Waals surface area contributed by atoms with Gasteiger partial charge in [-0.15, -0.1) is 0 Å². The molecular weight excluding hydrogens is 463 g/mol. The van der Waals surface area contributed by atoms with Crippen molar-refractivity contribution in [3.8, 4) is 17.6 Å². The van der Waals surface area contributed by atoms with Gasteiger partial charge in [0.25, 0.3) is 0 Å². The Balaban J connectivity index is 1.49. The van der Waals surface area contributed by atoms with Crippen LogP contribution in [0.4, 0.5) is 18.9 Å². The number of hydrogen-bond acceptors (Lipinski definition) is 5. The van der Waals surface area contributed by atoms with Gasteiger partial charge in [-0.3, -0.25) is 4.79 Å². The molecule has 0 saturated carbocycles. The number of aromatic nitrogens is 1. The number of rotatable bonds is 5. The van der Waals surface area contributed by atoms with Crippen molar-refractivity contribution in [2.45, 2.75) is 25.4 Å². The number of nitrogens with one attached hydrogen (secondary N) is 1. The Morgan fingerprint density at radius 1 is 1.09 bits per heavy atom. The molecule has 0 aliphatic heterocycles. The standard InChI is InChI=1S/C25H18F3N3O4/c26-25(27,28)18-7-14(13-29)8-19(11-18)31-23(32)16-2-1-15-3-4-20(10-17(15)9-16)35-21-5-6-30-22(12-21)24(33)34/h3-8,10-12,16H,1-2,9H2,(H,31,32)(H,33,34). The summed E-state index contributed by atoms with van der Waals surface area (Å²) in [5.74, 6) is -1.37. The zero-order valence-corrected chi connectivity index (χ0v) is 18.1. The summed E-state index contributed by atoms with van der Waals surface area (Å²) in [5.41, 5.74) is 0.414. The minimum atomic E-state index is -4.65. The molecule has 0 radical (unpaired) electrons. The number of hydrogen-bond donors (Lipinski definition) is 2. The number of aromatic carboxylic acids is 1. The molecule has 178 valence electrons. The maximum atomic E-state index is 13.1. The Labute approximate surface area is 197 Å². The molecule has 4 rings (SSSR count). The van der Waals surface area contributed by atoms with E-state index in [4.69, 9.17) is 15.1 Å². The molecule has 2 aromatic carbocycles. The van der Waals surface area contributed by atoms with Crippen molar-refractivity contribution in [2.75, 3.05) is 5.32 Å². The number of nitriles is 1. The predicted molar refractivity (Wildman–Crippen MR) is 118 cm³/mol. The second-order valence-corrected chi connectivity index (χ2v) is 8.05. The lowest BCUT2D eigenvalue weighted by molar-refractivity contribution is -0.137. The fourth-order valence-electron chi connectivity index (χ4n) is 3.92. The SMILES string of the molecule is N#Cc1cc(NC(=O)C2CCc3ccc(Oc4ccnc(C(=O)O)c4)cc3C2)cc(C(F)(F)F)c1. The molecule has 1 amide bonds. The van der Waals surface area contributed by atoms with E-state index in [1.54, 1.807) is 18.2 Å². The van der Waals surface area contributed by atoms with E-state index in [0.29, 0.717) is 30.8 Å². The van der Waals surface area contributed by atoms with Gasteiger partial charge in [0.1, 0.15) is 11.5 Å². The number of carboxylic acids is 1. The van der Waals surface area contributed by atoms with Gasteiger partial charge in [0, 0.05) is 23.9 Å². The first-order valence-corrected chi connectivity index (χ1v) is 10.5. The van der Waals surface area contributed by atoms with Gasteiger partial charge < -0.3 is 15.2 Å². The van der Waals surface area contributed by atoms with Gasteiger partial charge in [-0.1, -0.05) is 6.07 Å². The van der Waals surface area contributed by atoms with Gasteiger partial charge in [-0.25, -0.2) is 9.78 Å². The number of pyridine rings is 1. The van der Waals surface area contributed by atoms with Crippen LogP contribution in [0.25, 0.3) is 0 Å². The highest BCUT2D eigenvalue weighted by Crippen LogP contribution is 2.34. The molecule has 0 spiro atoms. The molecule has 1 unspecified atom stereocenters. The van der Waals surface area contributed by atoms with E-state index in [1.807, 2.05) is 6.07 Å². The number of fused-ring (bicyclic) bond motifs is 1. The first kappa shape index (κ1) is 23.8. The molecule has 35 heavy (non-hydrogen) atoms. The Morgan fingerprint density at radius 3 is 2.57 bits per heavy atom. The third-order valence-electron chi connectivity index (χ3n) is 5.62. The Kier molecular flexibility index (Phi) is 6.42. The fraction of sp³-hybridized carbons (Fsp3) is 0.200. The number of amides is 1. The number of carboxylic acid groups (broad SMARTS) is 1. The van der Waals surface area contributed by atoms with Crippen LogP contribution in [-0.4, -0.2) is 22.0 Å². The molecule has 1 aliphatic carbocycles. The first-order chi connectivity index (χ1) is 16.6. The lowest BCUT2D eigenvalue weighted by Crippen LogP contribution is -2.28. The average Bonchev–Trinajstić information content (AvgIpc) is 2.83. The topological polar surface area (TPSA) is 112 Å². The molecule has 3 aromatic rings. The van der Waals surface area contributed by atoms with E-state index in [-0.39, 0.29) is 16.9 Å². The summed E-state index contributed by atoms with van der Waals surface area (Å²) >= 11 is 0. The lowest BCUT2D eigenvalue weighted by atomic mass is 9.83. The molecule has 0 fully saturated rings. The number of aryl methyl sites for hydroxylation is 1. The maximum absolute atomic E-state index is 13.1. The Bertz CT molecular complexity index is 1350. The number of anilines is 1. The van der Waals surface area contributed by atoms with Crippen molar-refractivity contribution in [1.29, 1.82) is 5.26 Å². The van der Waals surface area contributed by atoms with Gasteiger partial charge in [-0.05, 0) is 66.8 Å². The predicted octanol–water partition coefficient (Wildman–Crippen LogP) is 5.21. The van der Waals surface area contributed by atoms with Crippen LogP contribution in [0.5, 0.6) is 11.5 Å². The van der Waals surface area contributed by atoms with Gasteiger partial charge in [-0.2, -0.15) is 18.4 Å². The summed E-state index contributed by atoms with van der Waals surface area (Å²) in [6.07, 6.45) is -1.87. The smallest absolute Gasteiger partial charge is 0.416 e. The van der Waals surface area contributed by atoms with Crippen LogP contribution in [0.15, 0.2) is 54.7 Å². The fourth-order valence-corrected chi connectivity index (χ4v) is 3.92. The van der Waals surface area contributed by atoms with Crippen LogP contribution >= 0.6 is 0 Å². The van der Waals surface area contributed by atoms with E-state index in [0.717, 1.165) is 23.3 Å². The van der Waals surface area contributed by atoms with Gasteiger partial charge >= 0.3 is 12.1 Å². The Hall–Kier alpha value is -4.39. The summed E-state index contributed by atoms with van der Waals surface area (Å²) < 4.78 is 45.1. The largest absolute Gasteiger partial charge is 0.477 e. The molecule has 0 saturated heterocycles. The van der Waals surface area contributed by atoms with Crippen LogP contribution in [0.1, 0.15) is 39.2 Å². The molecule has 1 heterocycles. The van der Waals surface area contributed by atoms with Gasteiger partial charge in [0.05, 0.1) is 17.2 Å². The van der Waals surface area contributed by atoms with Crippen molar-refractivity contribution in [3.05, 3.63) is 82.7 Å². The summed E-state index contributed by atoms with van der Waals surface area (Å²) in [6, 6.07) is 12.6. The zero-order valence-electron chi connectivity index (χ0n) is 18.1. The van der Waals surface area contributed by atoms with Crippen molar-refractivity contribution in [3.63, 3.8) is 0 Å². The van der Waals surface area contributed by atoms with Crippen LogP contribution in [0, 0.1) is 17.2 Å². The molecule has 0 bridgehead atoms. The molecule has 1 atom stereocenters. The maximum Gasteiger partial charge on any atom is 0.416 e. The van der Waals surface area contributed by atoms with Gasteiger partial charge in [0.15, 0.2) is 5.69 Å². The minimum Gasteiger partial charge on any atom is -0.477 e. The number of halogens is 3. The second kappa shape index (κ2) is 9.46. The number of nitrogens with zero attached hydrogens (tertiary/aromatic N) is 2.